The average Bonchev–Trinajstić information content (AvgIpc) is 3.95. The minimum Gasteiger partial charge on any atom is -0.368 e. The summed E-state index contributed by atoms with van der Waals surface area (Å²) in [5, 5.41) is 12.7. The molecule has 0 aliphatic carbocycles. The van der Waals surface area contributed by atoms with E-state index in [-0.39, 0.29) is 23.2 Å². The predicted molar refractivity (Wildman–Crippen MR) is 221 cm³/mol. The van der Waals surface area contributed by atoms with E-state index in [0.717, 1.165) is 47.0 Å². The molecular formula is C45H50F2N6OS. The number of aryl methyl sites for hydroxylation is 2. The number of thiophene rings is 1. The fourth-order valence-corrected chi connectivity index (χ4v) is 7.89. The predicted octanol–water partition coefficient (Wildman–Crippen LogP) is 10.6. The maximum absolute atomic E-state index is 14.2. The lowest BCUT2D eigenvalue weighted by molar-refractivity contribution is 0.0980. The molecule has 7 rings (SSSR count). The Bertz CT molecular complexity index is 2180. The maximum Gasteiger partial charge on any atom is 0.261 e. The number of hydrogen-bond donors (Lipinski definition) is 1. The van der Waals surface area contributed by atoms with Crippen LogP contribution in [-0.2, 0) is 19.5 Å². The summed E-state index contributed by atoms with van der Waals surface area (Å²) in [4.78, 5) is 20.1. The number of anilines is 2. The molecule has 6 aromatic rings. The summed E-state index contributed by atoms with van der Waals surface area (Å²) >= 11 is 1.52. The van der Waals surface area contributed by atoms with Crippen LogP contribution in [-0.4, -0.2) is 46.4 Å². The number of nitrogens with zero attached hydrogens (tertiary/aromatic N) is 5. The van der Waals surface area contributed by atoms with Gasteiger partial charge in [-0.05, 0) is 103 Å². The topological polar surface area (TPSA) is 68.4 Å². The molecule has 10 heteroatoms. The highest BCUT2D eigenvalue weighted by atomic mass is 32.1. The Morgan fingerprint density at radius 1 is 0.927 bits per heavy atom. The van der Waals surface area contributed by atoms with Crippen molar-refractivity contribution in [1.29, 1.82) is 0 Å². The highest BCUT2D eigenvalue weighted by Crippen LogP contribution is 2.39. The van der Waals surface area contributed by atoms with E-state index >= 15 is 0 Å². The SMILES string of the molecule is CCc1cccc(-c2ccccc2[C@@H]2CCCN2Cc2sccc2F)c1.Cc1n[nH]nc1CN(C)c1cccc(N(CC(C)C)C(=O)c2ccccc2F)c1. The molecule has 2 aromatic heterocycles. The van der Waals surface area contributed by atoms with Crippen LogP contribution in [0.2, 0.25) is 0 Å². The number of halogens is 2. The van der Waals surface area contributed by atoms with Crippen LogP contribution in [0.5, 0.6) is 0 Å². The number of H-pyrrole nitrogens is 1. The van der Waals surface area contributed by atoms with Crippen LogP contribution < -0.4 is 9.80 Å². The monoisotopic (exact) mass is 760 g/mol. The van der Waals surface area contributed by atoms with Crippen LogP contribution in [0.3, 0.4) is 0 Å². The minimum atomic E-state index is -0.513. The number of amides is 1. The van der Waals surface area contributed by atoms with Gasteiger partial charge in [0.15, 0.2) is 0 Å². The molecule has 55 heavy (non-hydrogen) atoms. The highest BCUT2D eigenvalue weighted by Gasteiger charge is 2.29. The second kappa shape index (κ2) is 18.4. The zero-order valence-corrected chi connectivity index (χ0v) is 33.1. The van der Waals surface area contributed by atoms with Crippen molar-refractivity contribution in [1.82, 2.24) is 20.3 Å². The van der Waals surface area contributed by atoms with Gasteiger partial charge >= 0.3 is 0 Å². The van der Waals surface area contributed by atoms with Gasteiger partial charge in [-0.25, -0.2) is 8.78 Å². The fourth-order valence-electron chi connectivity index (χ4n) is 7.12. The Balaban J connectivity index is 0.000000188. The van der Waals surface area contributed by atoms with Gasteiger partial charge in [-0.2, -0.15) is 15.4 Å². The summed E-state index contributed by atoms with van der Waals surface area (Å²) in [6.07, 6.45) is 3.35. The number of carbonyl (C=O) groups excluding carboxylic acids is 1. The smallest absolute Gasteiger partial charge is 0.261 e. The van der Waals surface area contributed by atoms with Crippen molar-refractivity contribution in [3.8, 4) is 11.1 Å². The van der Waals surface area contributed by atoms with E-state index in [9.17, 15) is 13.6 Å². The largest absolute Gasteiger partial charge is 0.368 e. The molecular weight excluding hydrogens is 711 g/mol. The van der Waals surface area contributed by atoms with E-state index in [1.807, 2.05) is 62.4 Å². The van der Waals surface area contributed by atoms with Crippen LogP contribution in [0.1, 0.15) is 77.4 Å². The third-order valence-electron chi connectivity index (χ3n) is 10.1. The average molecular weight is 761 g/mol. The molecule has 1 fully saturated rings. The van der Waals surface area contributed by atoms with Crippen LogP contribution in [0, 0.1) is 24.5 Å². The molecule has 0 bridgehead atoms. The number of aromatic amines is 1. The third-order valence-corrected chi connectivity index (χ3v) is 10.9. The van der Waals surface area contributed by atoms with Gasteiger partial charge in [-0.1, -0.05) is 87.5 Å². The van der Waals surface area contributed by atoms with Gasteiger partial charge in [0.2, 0.25) is 0 Å². The minimum absolute atomic E-state index is 0.0652. The van der Waals surface area contributed by atoms with Crippen LogP contribution in [0.15, 0.2) is 109 Å². The van der Waals surface area contributed by atoms with Crippen LogP contribution in [0.25, 0.3) is 11.1 Å². The lowest BCUT2D eigenvalue weighted by Crippen LogP contribution is -2.35. The number of likely N-dealkylation sites (tertiary alicyclic amines) is 1. The Kier molecular flexibility index (Phi) is 13.2. The zero-order valence-electron chi connectivity index (χ0n) is 32.3. The molecule has 0 spiro atoms. The molecule has 286 valence electrons. The van der Waals surface area contributed by atoms with Gasteiger partial charge in [0, 0.05) is 37.6 Å². The third kappa shape index (κ3) is 9.74. The Morgan fingerprint density at radius 2 is 1.69 bits per heavy atom. The van der Waals surface area contributed by atoms with Gasteiger partial charge in [0.1, 0.15) is 17.3 Å². The summed E-state index contributed by atoms with van der Waals surface area (Å²) in [6, 6.07) is 33.3. The first kappa shape index (κ1) is 39.5. The second-order valence-electron chi connectivity index (χ2n) is 14.5. The van der Waals surface area contributed by atoms with Crippen molar-refractivity contribution in [2.75, 3.05) is 29.9 Å². The molecule has 1 aliphatic rings. The van der Waals surface area contributed by atoms with E-state index in [4.69, 9.17) is 0 Å². The second-order valence-corrected chi connectivity index (χ2v) is 15.5. The van der Waals surface area contributed by atoms with Crippen molar-refractivity contribution in [3.63, 3.8) is 0 Å². The lowest BCUT2D eigenvalue weighted by atomic mass is 9.92. The molecule has 1 saturated heterocycles. The van der Waals surface area contributed by atoms with Crippen LogP contribution >= 0.6 is 11.3 Å². The Morgan fingerprint density at radius 3 is 2.42 bits per heavy atom. The van der Waals surface area contributed by atoms with E-state index < -0.39 is 5.82 Å². The van der Waals surface area contributed by atoms with Crippen molar-refractivity contribution in [2.45, 2.75) is 66.1 Å². The van der Waals surface area contributed by atoms with Gasteiger partial charge in [-0.15, -0.1) is 11.3 Å². The summed E-state index contributed by atoms with van der Waals surface area (Å²) in [5.41, 5.74) is 8.78. The van der Waals surface area contributed by atoms with Gasteiger partial charge in [0.05, 0.1) is 22.7 Å². The first-order valence-electron chi connectivity index (χ1n) is 19.0. The molecule has 4 aromatic carbocycles. The molecule has 7 nitrogen and oxygen atoms in total. The van der Waals surface area contributed by atoms with E-state index in [0.29, 0.717) is 25.7 Å². The molecule has 1 N–H and O–H groups in total. The molecule has 0 radical (unpaired) electrons. The first-order valence-corrected chi connectivity index (χ1v) is 19.9. The van der Waals surface area contributed by atoms with Gasteiger partial charge < -0.3 is 9.80 Å². The molecule has 1 amide bonds. The van der Waals surface area contributed by atoms with Gasteiger partial charge in [-0.3, -0.25) is 9.69 Å². The number of carbonyl (C=O) groups is 1. The first-order chi connectivity index (χ1) is 26.6. The summed E-state index contributed by atoms with van der Waals surface area (Å²) in [5.74, 6) is -0.695. The van der Waals surface area contributed by atoms with E-state index in [1.54, 1.807) is 23.1 Å². The Labute approximate surface area is 327 Å². The Hall–Kier alpha value is -5.19. The van der Waals surface area contributed by atoms with E-state index in [2.05, 4.69) is 75.8 Å². The fraction of sp³-hybridized carbons (Fsp3) is 0.311. The number of rotatable bonds is 12. The number of nitrogens with one attached hydrogen (secondary N) is 1. The number of hydrogen-bond acceptors (Lipinski definition) is 6. The van der Waals surface area contributed by atoms with Crippen molar-refractivity contribution < 1.29 is 13.6 Å². The summed E-state index contributed by atoms with van der Waals surface area (Å²) in [7, 11) is 1.96. The summed E-state index contributed by atoms with van der Waals surface area (Å²) in [6.45, 7) is 11.0. The van der Waals surface area contributed by atoms with Gasteiger partial charge in [0.25, 0.3) is 5.91 Å². The highest BCUT2D eigenvalue weighted by molar-refractivity contribution is 7.09. The molecule has 1 aliphatic heterocycles. The normalized spacial score (nSPS) is 14.1. The van der Waals surface area contributed by atoms with Crippen molar-refractivity contribution in [2.24, 2.45) is 5.92 Å². The van der Waals surface area contributed by atoms with Crippen LogP contribution in [0.4, 0.5) is 20.2 Å². The number of aromatic nitrogens is 3. The lowest BCUT2D eigenvalue weighted by Gasteiger charge is -2.27. The summed E-state index contributed by atoms with van der Waals surface area (Å²) < 4.78 is 28.2. The number of benzene rings is 4. The zero-order chi connectivity index (χ0) is 38.9. The quantitative estimate of drug-likeness (QED) is 0.135. The molecule has 0 unspecified atom stereocenters. The molecule has 0 saturated carbocycles. The van der Waals surface area contributed by atoms with E-state index in [1.165, 1.54) is 52.1 Å². The van der Waals surface area contributed by atoms with Crippen molar-refractivity contribution >= 4 is 28.6 Å². The standard InChI is InChI=1S/C23H24FNS.C22H26FN5O/c1-2-17-7-5-8-18(15-17)19-9-3-4-10-20(19)22-11-6-13-25(22)16-23-21(24)12-14-26-23;1-15(2)13-28(22(29)19-10-5-6-11-20(19)23)18-9-7-8-17(12-18)27(4)14-21-16(3)24-26-25-21/h3-5,7-10,12,14-15,22H,2,6,11,13,16H2,1H3;5-12,15H,13-14H2,1-4H3,(H,24,25,26)/t22-;/m0./s1. The molecule has 1 atom stereocenters. The van der Waals surface area contributed by atoms with Crippen molar-refractivity contribution in [3.05, 3.63) is 153 Å². The molecule has 3 heterocycles. The maximum atomic E-state index is 14.2.